The van der Waals surface area contributed by atoms with Crippen LogP contribution in [0.4, 0.5) is 0 Å². The Labute approximate surface area is 495 Å². The molecular formula is C73H142O6. The van der Waals surface area contributed by atoms with Gasteiger partial charge >= 0.3 is 17.9 Å². The molecule has 1 atom stereocenters. The summed E-state index contributed by atoms with van der Waals surface area (Å²) in [5.41, 5.74) is 0. The minimum Gasteiger partial charge on any atom is -0.462 e. The molecule has 0 heterocycles. The molecule has 6 nitrogen and oxygen atoms in total. The van der Waals surface area contributed by atoms with E-state index in [4.69, 9.17) is 14.2 Å². The lowest BCUT2D eigenvalue weighted by molar-refractivity contribution is -0.167. The van der Waals surface area contributed by atoms with Crippen LogP contribution in [0.1, 0.15) is 432 Å². The van der Waals surface area contributed by atoms with E-state index in [0.29, 0.717) is 19.3 Å². The number of carbonyl (C=O) groups excluding carboxylic acids is 3. The molecule has 0 aromatic carbocycles. The van der Waals surface area contributed by atoms with Crippen LogP contribution in [0.3, 0.4) is 0 Å². The minimum atomic E-state index is -0.762. The van der Waals surface area contributed by atoms with Gasteiger partial charge in [-0.15, -0.1) is 0 Å². The molecule has 0 aromatic rings. The van der Waals surface area contributed by atoms with Gasteiger partial charge in [0.2, 0.25) is 0 Å². The maximum atomic E-state index is 12.9. The van der Waals surface area contributed by atoms with Crippen LogP contribution in [-0.2, 0) is 28.6 Å². The number of hydrogen-bond acceptors (Lipinski definition) is 6. The van der Waals surface area contributed by atoms with Gasteiger partial charge in [-0.25, -0.2) is 0 Å². The first-order valence-electron chi connectivity index (χ1n) is 36.5. The smallest absolute Gasteiger partial charge is 0.306 e. The minimum absolute atomic E-state index is 0.0609. The van der Waals surface area contributed by atoms with Crippen LogP contribution in [0, 0.1) is 0 Å². The average Bonchev–Trinajstić information content (AvgIpc) is 3.45. The molecule has 0 fully saturated rings. The second-order valence-electron chi connectivity index (χ2n) is 25.2. The Balaban J connectivity index is 4.01. The van der Waals surface area contributed by atoms with E-state index in [0.717, 1.165) is 57.8 Å². The number of esters is 3. The van der Waals surface area contributed by atoms with Gasteiger partial charge in [0.1, 0.15) is 13.2 Å². The number of carbonyl (C=O) groups is 3. The third kappa shape index (κ3) is 67.1. The molecule has 0 aliphatic carbocycles. The lowest BCUT2D eigenvalue weighted by Crippen LogP contribution is -2.30. The van der Waals surface area contributed by atoms with E-state index in [1.54, 1.807) is 0 Å². The Bertz CT molecular complexity index is 1190. The predicted octanol–water partition coefficient (Wildman–Crippen LogP) is 25.0. The van der Waals surface area contributed by atoms with E-state index in [-0.39, 0.29) is 31.1 Å². The van der Waals surface area contributed by atoms with E-state index in [2.05, 4.69) is 20.8 Å². The summed E-state index contributed by atoms with van der Waals surface area (Å²) in [6.45, 7) is 6.71. The molecule has 0 amide bonds. The van der Waals surface area contributed by atoms with Crippen LogP contribution in [0.15, 0.2) is 0 Å². The fraction of sp³-hybridized carbons (Fsp3) is 0.959. The maximum Gasteiger partial charge on any atom is 0.306 e. The monoisotopic (exact) mass is 1120 g/mol. The standard InChI is InChI=1S/C73H142O6/c1-4-7-10-13-16-19-21-23-25-27-29-31-33-35-36-37-39-40-42-44-46-48-50-52-54-57-60-63-66-72(75)78-69-70(68-77-71(74)65-62-59-56-18-15-12-9-6-3)79-73(76)67-64-61-58-55-53-51-49-47-45-43-41-38-34-32-30-28-26-24-22-20-17-14-11-8-5-2/h70H,4-69H2,1-3H3. The molecule has 0 saturated heterocycles. The maximum absolute atomic E-state index is 12.9. The molecule has 0 aliphatic rings. The average molecular weight is 1120 g/mol. The summed E-state index contributed by atoms with van der Waals surface area (Å²) in [6, 6.07) is 0. The van der Waals surface area contributed by atoms with Crippen molar-refractivity contribution < 1.29 is 28.6 Å². The second kappa shape index (κ2) is 68.9. The van der Waals surface area contributed by atoms with Crippen LogP contribution < -0.4 is 0 Å². The van der Waals surface area contributed by atoms with E-state index >= 15 is 0 Å². The van der Waals surface area contributed by atoms with Gasteiger partial charge in [0.05, 0.1) is 0 Å². The molecule has 470 valence electrons. The Kier molecular flexibility index (Phi) is 67.5. The van der Waals surface area contributed by atoms with Crippen LogP contribution >= 0.6 is 0 Å². The number of unbranched alkanes of at least 4 members (excludes halogenated alkanes) is 58. The second-order valence-corrected chi connectivity index (χ2v) is 25.2. The lowest BCUT2D eigenvalue weighted by atomic mass is 10.0. The van der Waals surface area contributed by atoms with Crippen LogP contribution in [0.2, 0.25) is 0 Å². The van der Waals surface area contributed by atoms with E-state index in [1.807, 2.05) is 0 Å². The summed E-state index contributed by atoms with van der Waals surface area (Å²) in [5, 5.41) is 0. The highest BCUT2D eigenvalue weighted by Crippen LogP contribution is 2.20. The largest absolute Gasteiger partial charge is 0.462 e. The zero-order valence-electron chi connectivity index (χ0n) is 54.2. The Morgan fingerprint density at radius 2 is 0.342 bits per heavy atom. The molecule has 0 bridgehead atoms. The van der Waals surface area contributed by atoms with Gasteiger partial charge in [-0.05, 0) is 19.3 Å². The van der Waals surface area contributed by atoms with Gasteiger partial charge in [-0.3, -0.25) is 14.4 Å². The fourth-order valence-corrected chi connectivity index (χ4v) is 11.6. The van der Waals surface area contributed by atoms with E-state index < -0.39 is 6.10 Å². The molecule has 0 aliphatic heterocycles. The number of ether oxygens (including phenoxy) is 3. The topological polar surface area (TPSA) is 78.9 Å². The Hall–Kier alpha value is -1.59. The first-order chi connectivity index (χ1) is 39.0. The van der Waals surface area contributed by atoms with Gasteiger partial charge in [-0.2, -0.15) is 0 Å². The highest BCUT2D eigenvalue weighted by molar-refractivity contribution is 5.71. The van der Waals surface area contributed by atoms with Gasteiger partial charge in [0.25, 0.3) is 0 Å². The van der Waals surface area contributed by atoms with Crippen molar-refractivity contribution in [3.8, 4) is 0 Å². The summed E-state index contributed by atoms with van der Waals surface area (Å²) >= 11 is 0. The van der Waals surface area contributed by atoms with Crippen molar-refractivity contribution >= 4 is 17.9 Å². The zero-order valence-corrected chi connectivity index (χ0v) is 54.2. The third-order valence-corrected chi connectivity index (χ3v) is 17.1. The number of rotatable bonds is 69. The molecule has 0 rings (SSSR count). The van der Waals surface area contributed by atoms with Crippen LogP contribution in [0.5, 0.6) is 0 Å². The van der Waals surface area contributed by atoms with Gasteiger partial charge in [0, 0.05) is 19.3 Å². The van der Waals surface area contributed by atoms with Crippen molar-refractivity contribution in [1.29, 1.82) is 0 Å². The summed E-state index contributed by atoms with van der Waals surface area (Å²) in [6.07, 6.45) is 81.8. The molecule has 0 N–H and O–H groups in total. The third-order valence-electron chi connectivity index (χ3n) is 17.1. The van der Waals surface area contributed by atoms with Gasteiger partial charge in [0.15, 0.2) is 6.10 Å². The van der Waals surface area contributed by atoms with Crippen molar-refractivity contribution in [2.45, 2.75) is 438 Å². The molecule has 0 radical (unpaired) electrons. The molecule has 6 heteroatoms. The molecular weight excluding hydrogens is 973 g/mol. The van der Waals surface area contributed by atoms with Crippen molar-refractivity contribution in [3.63, 3.8) is 0 Å². The Morgan fingerprint density at radius 1 is 0.203 bits per heavy atom. The highest BCUT2D eigenvalue weighted by atomic mass is 16.6. The normalized spacial score (nSPS) is 11.9. The quantitative estimate of drug-likeness (QED) is 0.0343. The van der Waals surface area contributed by atoms with Gasteiger partial charge in [-0.1, -0.05) is 393 Å². The van der Waals surface area contributed by atoms with Crippen LogP contribution in [0.25, 0.3) is 0 Å². The highest BCUT2D eigenvalue weighted by Gasteiger charge is 2.20. The van der Waals surface area contributed by atoms with E-state index in [9.17, 15) is 14.4 Å². The van der Waals surface area contributed by atoms with Crippen molar-refractivity contribution in [2.75, 3.05) is 13.2 Å². The van der Waals surface area contributed by atoms with Gasteiger partial charge < -0.3 is 14.2 Å². The lowest BCUT2D eigenvalue weighted by Gasteiger charge is -2.18. The molecule has 0 spiro atoms. The predicted molar refractivity (Wildman–Crippen MR) is 344 cm³/mol. The Morgan fingerprint density at radius 3 is 0.506 bits per heavy atom. The van der Waals surface area contributed by atoms with Crippen LogP contribution in [-0.4, -0.2) is 37.2 Å². The summed E-state index contributed by atoms with van der Waals surface area (Å²) in [5.74, 6) is -0.828. The molecule has 0 saturated carbocycles. The van der Waals surface area contributed by atoms with Crippen molar-refractivity contribution in [3.05, 3.63) is 0 Å². The summed E-state index contributed by atoms with van der Waals surface area (Å²) in [4.78, 5) is 38.3. The van der Waals surface area contributed by atoms with E-state index in [1.165, 1.54) is 334 Å². The molecule has 1 unspecified atom stereocenters. The van der Waals surface area contributed by atoms with Crippen molar-refractivity contribution in [2.24, 2.45) is 0 Å². The molecule has 79 heavy (non-hydrogen) atoms. The summed E-state index contributed by atoms with van der Waals surface area (Å²) < 4.78 is 16.9. The first-order valence-corrected chi connectivity index (χ1v) is 36.5. The number of hydrogen-bond donors (Lipinski definition) is 0. The first kappa shape index (κ1) is 77.4. The SMILES string of the molecule is CCCCCCCCCCCCCCCCCCCCCCCCCCCCCCC(=O)OCC(COC(=O)CCCCCCCCCC)OC(=O)CCCCCCCCCCCCCCCCCCCCCCCCCCC. The zero-order chi connectivity index (χ0) is 57.1. The summed E-state index contributed by atoms with van der Waals surface area (Å²) in [7, 11) is 0. The fourth-order valence-electron chi connectivity index (χ4n) is 11.6. The molecule has 0 aromatic heterocycles. The van der Waals surface area contributed by atoms with Crippen molar-refractivity contribution in [1.82, 2.24) is 0 Å².